The fourth-order valence-electron chi connectivity index (χ4n) is 8.96. The van der Waals surface area contributed by atoms with Crippen LogP contribution in [-0.4, -0.2) is 99.6 Å². The lowest BCUT2D eigenvalue weighted by atomic mass is 9.99. The lowest BCUT2D eigenvalue weighted by molar-refractivity contribution is -0.305. The van der Waals surface area contributed by atoms with E-state index in [2.05, 4.69) is 111 Å². The molecule has 1 aliphatic rings. The number of aliphatic hydroxyl groups excluding tert-OH is 5. The zero-order valence-electron chi connectivity index (χ0n) is 50.1. The van der Waals surface area contributed by atoms with Crippen LogP contribution in [0, 0.1) is 0 Å². The highest BCUT2D eigenvalue weighted by Crippen LogP contribution is 2.26. The summed E-state index contributed by atoms with van der Waals surface area (Å²) in [5.41, 5.74) is 0. The summed E-state index contributed by atoms with van der Waals surface area (Å²) >= 11 is 0. The molecule has 0 aliphatic carbocycles. The van der Waals surface area contributed by atoms with Gasteiger partial charge in [-0.2, -0.15) is 0 Å². The van der Waals surface area contributed by atoms with Crippen molar-refractivity contribution in [1.29, 1.82) is 0 Å². The van der Waals surface area contributed by atoms with Gasteiger partial charge in [0.1, 0.15) is 24.4 Å². The number of hydrogen-bond acceptors (Lipinski definition) is 10. The van der Waals surface area contributed by atoms with E-state index in [0.29, 0.717) is 12.8 Å². The number of esters is 1. The number of aliphatic hydroxyl groups is 5. The van der Waals surface area contributed by atoms with E-state index < -0.39 is 67.4 Å². The molecular weight excluding hydrogens is 1000 g/mol. The maximum atomic E-state index is 13.4. The van der Waals surface area contributed by atoms with Gasteiger partial charge in [-0.1, -0.05) is 257 Å². The molecule has 8 unspecified atom stereocenters. The van der Waals surface area contributed by atoms with E-state index in [-0.39, 0.29) is 19.4 Å². The number of allylic oxidation sites excluding steroid dienone is 21. The van der Waals surface area contributed by atoms with Gasteiger partial charge in [0.25, 0.3) is 0 Å². The number of nitrogens with one attached hydrogen (secondary N) is 1. The third kappa shape index (κ3) is 42.6. The molecule has 0 bridgehead atoms. The van der Waals surface area contributed by atoms with Crippen LogP contribution in [0.3, 0.4) is 0 Å². The van der Waals surface area contributed by atoms with Crippen molar-refractivity contribution in [2.45, 2.75) is 275 Å². The summed E-state index contributed by atoms with van der Waals surface area (Å²) in [6, 6.07) is -1.05. The topological polar surface area (TPSA) is 175 Å². The first-order chi connectivity index (χ1) is 39.2. The van der Waals surface area contributed by atoms with Crippen LogP contribution in [0.25, 0.3) is 0 Å². The van der Waals surface area contributed by atoms with E-state index >= 15 is 0 Å². The van der Waals surface area contributed by atoms with E-state index in [1.54, 1.807) is 6.08 Å². The van der Waals surface area contributed by atoms with Crippen LogP contribution in [0.15, 0.2) is 134 Å². The predicted octanol–water partition coefficient (Wildman–Crippen LogP) is 15.2. The highest BCUT2D eigenvalue weighted by Gasteiger charge is 2.47. The molecule has 1 fully saturated rings. The molecule has 1 aliphatic heterocycles. The monoisotopic (exact) mass is 1120 g/mol. The van der Waals surface area contributed by atoms with Gasteiger partial charge in [-0.25, -0.2) is 0 Å². The molecule has 80 heavy (non-hydrogen) atoms. The average molecular weight is 1120 g/mol. The highest BCUT2D eigenvalue weighted by atomic mass is 16.7. The Morgan fingerprint density at radius 3 is 1.50 bits per heavy atom. The minimum absolute atomic E-state index is 0.0879. The molecule has 1 amide bonds. The molecule has 0 aromatic carbocycles. The minimum Gasteiger partial charge on any atom is -0.454 e. The summed E-state index contributed by atoms with van der Waals surface area (Å²) in [6.45, 7) is 5.49. The van der Waals surface area contributed by atoms with E-state index in [4.69, 9.17) is 14.2 Å². The maximum Gasteiger partial charge on any atom is 0.306 e. The van der Waals surface area contributed by atoms with E-state index in [1.807, 2.05) is 42.5 Å². The van der Waals surface area contributed by atoms with Gasteiger partial charge in [0, 0.05) is 6.42 Å². The molecule has 0 spiro atoms. The Balaban J connectivity index is 2.68. The molecule has 0 saturated carbocycles. The number of hydrogen-bond donors (Lipinski definition) is 6. The first-order valence-electron chi connectivity index (χ1n) is 31.5. The summed E-state index contributed by atoms with van der Waals surface area (Å²) in [6.07, 6.45) is 67.7. The maximum absolute atomic E-state index is 13.4. The zero-order chi connectivity index (χ0) is 58.2. The fraction of sp³-hybridized carbons (Fsp3) is 0.652. The third-order valence-electron chi connectivity index (χ3n) is 13.9. The van der Waals surface area contributed by atoms with Gasteiger partial charge in [0.05, 0.1) is 25.4 Å². The highest BCUT2D eigenvalue weighted by molar-refractivity contribution is 5.80. The number of unbranched alkanes of at least 4 members (excludes halogenated alkanes) is 20. The molecule has 1 rings (SSSR count). The van der Waals surface area contributed by atoms with Crippen molar-refractivity contribution in [2.24, 2.45) is 0 Å². The number of amides is 1. The molecule has 0 aromatic rings. The molecule has 6 N–H and O–H groups in total. The lowest BCUT2D eigenvalue weighted by Crippen LogP contribution is -2.61. The van der Waals surface area contributed by atoms with E-state index in [9.17, 15) is 35.1 Å². The normalized spacial score (nSPS) is 19.7. The van der Waals surface area contributed by atoms with Crippen molar-refractivity contribution in [3.63, 3.8) is 0 Å². The summed E-state index contributed by atoms with van der Waals surface area (Å²) in [4.78, 5) is 26.5. The van der Waals surface area contributed by atoms with Gasteiger partial charge in [-0.15, -0.1) is 0 Å². The number of rotatable bonds is 51. The van der Waals surface area contributed by atoms with Gasteiger partial charge in [-0.05, 0) is 96.3 Å². The van der Waals surface area contributed by atoms with Crippen LogP contribution in [-0.2, 0) is 23.8 Å². The van der Waals surface area contributed by atoms with Crippen molar-refractivity contribution in [2.75, 3.05) is 13.2 Å². The Labute approximate surface area is 486 Å². The predicted molar refractivity (Wildman–Crippen MR) is 333 cm³/mol. The molecule has 8 atom stereocenters. The standard InChI is InChI=1S/C69H113NO10/c1-4-7-10-13-16-19-22-25-27-28-29-30-31-32-33-34-35-37-38-41-44-47-50-53-56-62(73)68(77)70-60(61(72)55-52-49-46-43-40-24-21-18-15-12-9-6-3)59-78-69-67(66(76)65(75)63(58-71)79-69)80-64(74)57-54-51-48-45-42-39-36-26-23-20-17-14-11-8-5-2/h7-8,10-11,14,16-17,19-20,23,25-27,29-30,32-33,35-37,52,55,60-63,65-67,69,71-73,75-76H,4-6,9,12-13,15,18,21-22,24,28,31,34,38-51,53-54,56-59H2,1-3H3,(H,70,77)/b10-7-,11-8+,17-14+,19-16-,23-20+,27-25-,30-29-,33-32-,36-26-,37-35-,55-52+. The second kappa shape index (κ2) is 55.3. The molecule has 0 aromatic heterocycles. The average Bonchev–Trinajstić information content (AvgIpc) is 3.46. The molecule has 454 valence electrons. The molecule has 0 radical (unpaired) electrons. The summed E-state index contributed by atoms with van der Waals surface area (Å²) < 4.78 is 17.6. The zero-order valence-corrected chi connectivity index (χ0v) is 50.1. The van der Waals surface area contributed by atoms with Crippen LogP contribution >= 0.6 is 0 Å². The quantitative estimate of drug-likeness (QED) is 0.0149. The Morgan fingerprint density at radius 2 is 0.963 bits per heavy atom. The van der Waals surface area contributed by atoms with Crippen molar-refractivity contribution < 1.29 is 49.3 Å². The number of ether oxygens (including phenoxy) is 3. The van der Waals surface area contributed by atoms with Gasteiger partial charge >= 0.3 is 5.97 Å². The van der Waals surface area contributed by atoms with E-state index in [0.717, 1.165) is 135 Å². The first kappa shape index (κ1) is 73.8. The minimum atomic E-state index is -1.64. The van der Waals surface area contributed by atoms with E-state index in [1.165, 1.54) is 44.9 Å². The SMILES string of the molecule is CC/C=C\C/C=C\C/C=C\C/C=C\C/C=C\C/C=C\CCCCCCCC(O)C(=O)NC(COC1OC(CO)C(O)C(O)C1OC(=O)CCCCCCC\C=C/C=C/C=C/C=C/CC)C(O)/C=C/CCCCCCCCCCCC. The van der Waals surface area contributed by atoms with Gasteiger partial charge in [-0.3, -0.25) is 9.59 Å². The fourth-order valence-corrected chi connectivity index (χ4v) is 8.96. The largest absolute Gasteiger partial charge is 0.454 e. The van der Waals surface area contributed by atoms with Crippen molar-refractivity contribution in [3.8, 4) is 0 Å². The van der Waals surface area contributed by atoms with Gasteiger partial charge in [0.2, 0.25) is 5.91 Å². The Kier molecular flexibility index (Phi) is 51.1. The molecular formula is C69H113NO10. The second-order valence-electron chi connectivity index (χ2n) is 21.1. The molecule has 11 heteroatoms. The van der Waals surface area contributed by atoms with Gasteiger partial charge in [0.15, 0.2) is 12.4 Å². The van der Waals surface area contributed by atoms with Crippen LogP contribution in [0.2, 0.25) is 0 Å². The Morgan fingerprint density at radius 1 is 0.512 bits per heavy atom. The van der Waals surface area contributed by atoms with Crippen molar-refractivity contribution in [3.05, 3.63) is 134 Å². The molecule has 1 saturated heterocycles. The summed E-state index contributed by atoms with van der Waals surface area (Å²) in [5, 5.41) is 57.0. The third-order valence-corrected chi connectivity index (χ3v) is 13.9. The summed E-state index contributed by atoms with van der Waals surface area (Å²) in [7, 11) is 0. The first-order valence-corrected chi connectivity index (χ1v) is 31.5. The van der Waals surface area contributed by atoms with Crippen LogP contribution in [0.5, 0.6) is 0 Å². The number of carbonyl (C=O) groups is 2. The molecule has 1 heterocycles. The van der Waals surface area contributed by atoms with Gasteiger partial charge < -0.3 is 45.1 Å². The van der Waals surface area contributed by atoms with Crippen molar-refractivity contribution in [1.82, 2.24) is 5.32 Å². The van der Waals surface area contributed by atoms with Crippen molar-refractivity contribution >= 4 is 11.9 Å². The smallest absolute Gasteiger partial charge is 0.306 e. The Hall–Kier alpha value is -4.20. The lowest BCUT2D eigenvalue weighted by Gasteiger charge is -2.41. The second-order valence-corrected chi connectivity index (χ2v) is 21.1. The van der Waals surface area contributed by atoms with Crippen LogP contribution in [0.4, 0.5) is 0 Å². The van der Waals surface area contributed by atoms with Crippen LogP contribution < -0.4 is 5.32 Å². The summed E-state index contributed by atoms with van der Waals surface area (Å²) in [5.74, 6) is -1.25. The van der Waals surface area contributed by atoms with Crippen LogP contribution in [0.1, 0.15) is 226 Å². The number of carbonyl (C=O) groups excluding carboxylic acids is 2. The Bertz CT molecular complexity index is 1810. The molecule has 11 nitrogen and oxygen atoms in total.